The van der Waals surface area contributed by atoms with Gasteiger partial charge < -0.3 is 9.47 Å². The lowest BCUT2D eigenvalue weighted by molar-refractivity contribution is -0.133. The molecule has 3 heteroatoms. The largest absolute Gasteiger partial charge is 0.501 e. The van der Waals surface area contributed by atoms with Crippen LogP contribution in [0.5, 0.6) is 0 Å². The Morgan fingerprint density at radius 3 is 2.77 bits per heavy atom. The zero-order valence-corrected chi connectivity index (χ0v) is 8.42. The molecule has 0 aliphatic carbocycles. The van der Waals surface area contributed by atoms with Gasteiger partial charge in [-0.2, -0.15) is 0 Å². The number of carbonyl (C=O) groups is 1. The van der Waals surface area contributed by atoms with E-state index < -0.39 is 5.60 Å². The van der Waals surface area contributed by atoms with E-state index in [0.29, 0.717) is 6.61 Å². The summed E-state index contributed by atoms with van der Waals surface area (Å²) in [4.78, 5) is 11.8. The molecule has 0 aromatic heterocycles. The molecule has 0 bridgehead atoms. The second-order valence-electron chi connectivity index (χ2n) is 3.66. The minimum Gasteiger partial charge on any atom is -0.501 e. The average molecular weight is 184 g/mol. The predicted octanol–water partition coefficient (Wildman–Crippen LogP) is 1.67. The summed E-state index contributed by atoms with van der Waals surface area (Å²) < 4.78 is 10.2. The molecule has 0 fully saturated rings. The van der Waals surface area contributed by atoms with Crippen molar-refractivity contribution in [2.75, 3.05) is 13.7 Å². The quantitative estimate of drug-likeness (QED) is 0.669. The Kier molecular flexibility index (Phi) is 3.09. The Hall–Kier alpha value is -0.830. The van der Waals surface area contributed by atoms with E-state index in [1.807, 2.05) is 0 Å². The third-order valence-corrected chi connectivity index (χ3v) is 2.28. The fraction of sp³-hybridized carbons (Fsp3) is 0.700. The van der Waals surface area contributed by atoms with Gasteiger partial charge in [0.2, 0.25) is 0 Å². The molecular formula is C10H16O3. The monoisotopic (exact) mass is 184 g/mol. The van der Waals surface area contributed by atoms with Crippen molar-refractivity contribution in [2.24, 2.45) is 0 Å². The summed E-state index contributed by atoms with van der Waals surface area (Å²) in [6.07, 6.45) is 3.27. The van der Waals surface area contributed by atoms with E-state index in [1.165, 1.54) is 0 Å². The molecule has 0 N–H and O–H groups in total. The molecule has 0 unspecified atom stereocenters. The van der Waals surface area contributed by atoms with Crippen LogP contribution in [0, 0.1) is 0 Å². The highest BCUT2D eigenvalue weighted by molar-refractivity contribution is 6.01. The number of methoxy groups -OCH3 is 1. The van der Waals surface area contributed by atoms with Gasteiger partial charge in [0.25, 0.3) is 0 Å². The van der Waals surface area contributed by atoms with Gasteiger partial charge in [0.15, 0.2) is 5.78 Å². The van der Waals surface area contributed by atoms with Crippen LogP contribution in [0.15, 0.2) is 11.8 Å². The van der Waals surface area contributed by atoms with Crippen LogP contribution in [0.2, 0.25) is 0 Å². The first-order valence-electron chi connectivity index (χ1n) is 4.48. The minimum atomic E-state index is -0.730. The van der Waals surface area contributed by atoms with Crippen molar-refractivity contribution < 1.29 is 14.3 Å². The zero-order chi connectivity index (χ0) is 9.90. The van der Waals surface area contributed by atoms with Gasteiger partial charge in [-0.15, -0.1) is 0 Å². The molecule has 0 amide bonds. The number of ketones is 1. The number of ether oxygens (including phenoxy) is 2. The molecule has 74 valence electrons. The molecule has 0 aromatic carbocycles. The van der Waals surface area contributed by atoms with Crippen molar-refractivity contribution in [3.05, 3.63) is 11.8 Å². The summed E-state index contributed by atoms with van der Waals surface area (Å²) in [7, 11) is 1.54. The molecule has 1 heterocycles. The smallest absolute Gasteiger partial charge is 0.193 e. The predicted molar refractivity (Wildman–Crippen MR) is 49.4 cm³/mol. The third kappa shape index (κ3) is 2.31. The van der Waals surface area contributed by atoms with Crippen molar-refractivity contribution in [3.8, 4) is 0 Å². The zero-order valence-electron chi connectivity index (χ0n) is 8.42. The van der Waals surface area contributed by atoms with Gasteiger partial charge >= 0.3 is 0 Å². The summed E-state index contributed by atoms with van der Waals surface area (Å²) in [5.74, 6) is 0.0229. The van der Waals surface area contributed by atoms with Gasteiger partial charge in [0.05, 0.1) is 12.9 Å². The van der Waals surface area contributed by atoms with Crippen LogP contribution in [0.1, 0.15) is 26.7 Å². The van der Waals surface area contributed by atoms with Gasteiger partial charge in [-0.05, 0) is 26.7 Å². The topological polar surface area (TPSA) is 35.5 Å². The number of carbonyl (C=O) groups excluding carboxylic acids is 1. The Morgan fingerprint density at radius 2 is 2.31 bits per heavy atom. The highest BCUT2D eigenvalue weighted by Gasteiger charge is 2.30. The summed E-state index contributed by atoms with van der Waals surface area (Å²) in [5, 5.41) is 0. The first kappa shape index (κ1) is 10.3. The third-order valence-electron chi connectivity index (χ3n) is 2.28. The van der Waals surface area contributed by atoms with Crippen LogP contribution < -0.4 is 0 Å². The van der Waals surface area contributed by atoms with Crippen molar-refractivity contribution in [2.45, 2.75) is 32.3 Å². The molecule has 0 atom stereocenters. The van der Waals surface area contributed by atoms with Crippen LogP contribution in [-0.4, -0.2) is 25.1 Å². The van der Waals surface area contributed by atoms with Crippen LogP contribution in [0.3, 0.4) is 0 Å². The van der Waals surface area contributed by atoms with Crippen LogP contribution in [-0.2, 0) is 14.3 Å². The van der Waals surface area contributed by atoms with Gasteiger partial charge in [0.1, 0.15) is 5.60 Å². The molecule has 0 saturated heterocycles. The first-order valence-corrected chi connectivity index (χ1v) is 4.48. The van der Waals surface area contributed by atoms with E-state index in [9.17, 15) is 4.79 Å². The van der Waals surface area contributed by atoms with Crippen LogP contribution in [0.25, 0.3) is 0 Å². The lowest BCUT2D eigenvalue weighted by atomic mass is 9.94. The van der Waals surface area contributed by atoms with Gasteiger partial charge in [-0.1, -0.05) is 0 Å². The SMILES string of the molecule is COC(C)(C)C(=O)C1=COCCC1. The standard InChI is InChI=1S/C10H16O3/c1-10(2,12-3)9(11)8-5-4-6-13-7-8/h7H,4-6H2,1-3H3. The van der Waals surface area contributed by atoms with Crippen molar-refractivity contribution >= 4 is 5.78 Å². The van der Waals surface area contributed by atoms with E-state index in [0.717, 1.165) is 18.4 Å². The van der Waals surface area contributed by atoms with E-state index in [2.05, 4.69) is 0 Å². The number of hydrogen-bond donors (Lipinski definition) is 0. The minimum absolute atomic E-state index is 0.0229. The Balaban J connectivity index is 2.71. The summed E-state index contributed by atoms with van der Waals surface area (Å²) >= 11 is 0. The lowest BCUT2D eigenvalue weighted by Gasteiger charge is -2.24. The van der Waals surface area contributed by atoms with Gasteiger partial charge in [0, 0.05) is 12.7 Å². The number of hydrogen-bond acceptors (Lipinski definition) is 3. The first-order chi connectivity index (χ1) is 6.08. The maximum absolute atomic E-state index is 11.8. The Labute approximate surface area is 78.7 Å². The molecule has 0 aromatic rings. The molecule has 0 spiro atoms. The summed E-state index contributed by atoms with van der Waals surface area (Å²) in [5.41, 5.74) is 0.00472. The maximum atomic E-state index is 11.8. The van der Waals surface area contributed by atoms with Gasteiger partial charge in [-0.25, -0.2) is 0 Å². The molecule has 1 rings (SSSR count). The molecule has 13 heavy (non-hydrogen) atoms. The fourth-order valence-electron chi connectivity index (χ4n) is 1.21. The average Bonchev–Trinajstić information content (AvgIpc) is 2.18. The van der Waals surface area contributed by atoms with Gasteiger partial charge in [-0.3, -0.25) is 4.79 Å². The van der Waals surface area contributed by atoms with Crippen molar-refractivity contribution in [1.82, 2.24) is 0 Å². The van der Waals surface area contributed by atoms with E-state index in [1.54, 1.807) is 27.2 Å². The van der Waals surface area contributed by atoms with Crippen molar-refractivity contribution in [1.29, 1.82) is 0 Å². The highest BCUT2D eigenvalue weighted by atomic mass is 16.5. The summed E-state index contributed by atoms with van der Waals surface area (Å²) in [6, 6.07) is 0. The molecule has 0 radical (unpaired) electrons. The highest BCUT2D eigenvalue weighted by Crippen LogP contribution is 2.21. The van der Waals surface area contributed by atoms with Crippen molar-refractivity contribution in [3.63, 3.8) is 0 Å². The lowest BCUT2D eigenvalue weighted by Crippen LogP contribution is -2.35. The second kappa shape index (κ2) is 3.92. The van der Waals surface area contributed by atoms with Crippen LogP contribution >= 0.6 is 0 Å². The Morgan fingerprint density at radius 1 is 1.62 bits per heavy atom. The molecule has 0 saturated carbocycles. The Bertz CT molecular complexity index is 228. The summed E-state index contributed by atoms with van der Waals surface area (Å²) in [6.45, 7) is 4.25. The number of rotatable bonds is 3. The number of Topliss-reactive ketones (excluding diaryl/α,β-unsaturated/α-hetero) is 1. The second-order valence-corrected chi connectivity index (χ2v) is 3.66. The van der Waals surface area contributed by atoms with E-state index >= 15 is 0 Å². The molecule has 1 aliphatic heterocycles. The van der Waals surface area contributed by atoms with E-state index in [-0.39, 0.29) is 5.78 Å². The fourth-order valence-corrected chi connectivity index (χ4v) is 1.21. The molecule has 1 aliphatic rings. The molecule has 3 nitrogen and oxygen atoms in total. The maximum Gasteiger partial charge on any atom is 0.193 e. The molecular weight excluding hydrogens is 168 g/mol. The van der Waals surface area contributed by atoms with E-state index in [4.69, 9.17) is 9.47 Å². The normalized spacial score (nSPS) is 17.6. The van der Waals surface area contributed by atoms with Crippen LogP contribution in [0.4, 0.5) is 0 Å².